The molecule has 4 rings (SSSR count). The Balaban J connectivity index is 1.46. The standard InChI is InChI=1S/C29H25F5O4/c1-3-37-24-13-11-21(27(33)28(24)34)18-8-12-23(22(30)14-18)38-29(36)17-6-4-16(5-7-17)20-10-9-19(15(2)35)25(31)26(20)32/h4,8-15,17,35H,3,5-7H2,1-2H3. The molecule has 9 heteroatoms. The highest BCUT2D eigenvalue weighted by atomic mass is 19.2. The van der Waals surface area contributed by atoms with Gasteiger partial charge in [-0.3, -0.25) is 4.79 Å². The summed E-state index contributed by atoms with van der Waals surface area (Å²) < 4.78 is 82.4. The van der Waals surface area contributed by atoms with E-state index >= 15 is 0 Å². The van der Waals surface area contributed by atoms with Crippen molar-refractivity contribution in [1.29, 1.82) is 0 Å². The number of aliphatic hydroxyl groups is 1. The molecular formula is C29H25F5O4. The number of benzene rings is 3. The SMILES string of the molecule is CCOc1ccc(-c2ccc(OC(=O)C3CC=C(c4ccc(C(C)O)c(F)c4F)CC3)c(F)c2)c(F)c1F. The summed E-state index contributed by atoms with van der Waals surface area (Å²) in [6, 6.07) is 8.62. The van der Waals surface area contributed by atoms with Crippen LogP contribution in [-0.2, 0) is 4.79 Å². The minimum absolute atomic E-state index is 0.0443. The summed E-state index contributed by atoms with van der Waals surface area (Å²) in [5.74, 6) is -7.48. The highest BCUT2D eigenvalue weighted by Crippen LogP contribution is 2.36. The predicted molar refractivity (Wildman–Crippen MR) is 131 cm³/mol. The first-order chi connectivity index (χ1) is 18.1. The van der Waals surface area contributed by atoms with E-state index in [1.54, 1.807) is 13.0 Å². The van der Waals surface area contributed by atoms with Crippen LogP contribution in [0.1, 0.15) is 50.3 Å². The van der Waals surface area contributed by atoms with Crippen LogP contribution in [0.4, 0.5) is 22.0 Å². The molecule has 2 unspecified atom stereocenters. The Labute approximate surface area is 216 Å². The first kappa shape index (κ1) is 27.3. The van der Waals surface area contributed by atoms with Gasteiger partial charge in [-0.1, -0.05) is 24.3 Å². The van der Waals surface area contributed by atoms with Gasteiger partial charge in [0, 0.05) is 16.7 Å². The van der Waals surface area contributed by atoms with Gasteiger partial charge in [-0.15, -0.1) is 0 Å². The van der Waals surface area contributed by atoms with Crippen molar-refractivity contribution >= 4 is 11.5 Å². The molecule has 0 amide bonds. The zero-order valence-electron chi connectivity index (χ0n) is 20.7. The second kappa shape index (κ2) is 11.3. The third-order valence-corrected chi connectivity index (χ3v) is 6.45. The number of hydrogen-bond acceptors (Lipinski definition) is 4. The van der Waals surface area contributed by atoms with Crippen molar-refractivity contribution in [2.75, 3.05) is 6.61 Å². The molecule has 38 heavy (non-hydrogen) atoms. The Bertz CT molecular complexity index is 1400. The van der Waals surface area contributed by atoms with Gasteiger partial charge >= 0.3 is 5.97 Å². The highest BCUT2D eigenvalue weighted by molar-refractivity contribution is 5.78. The van der Waals surface area contributed by atoms with Crippen LogP contribution in [0.2, 0.25) is 0 Å². The number of carbonyl (C=O) groups excluding carboxylic acids is 1. The minimum Gasteiger partial charge on any atom is -0.491 e. The molecule has 0 fully saturated rings. The lowest BCUT2D eigenvalue weighted by atomic mass is 9.86. The average molecular weight is 533 g/mol. The van der Waals surface area contributed by atoms with Gasteiger partial charge in [-0.2, -0.15) is 4.39 Å². The normalized spacial score (nSPS) is 16.1. The third-order valence-electron chi connectivity index (χ3n) is 6.45. The van der Waals surface area contributed by atoms with Gasteiger partial charge < -0.3 is 14.6 Å². The van der Waals surface area contributed by atoms with Crippen LogP contribution in [0.15, 0.2) is 48.5 Å². The topological polar surface area (TPSA) is 55.8 Å². The molecule has 4 nitrogen and oxygen atoms in total. The van der Waals surface area contributed by atoms with Crippen molar-refractivity contribution in [3.63, 3.8) is 0 Å². The number of hydrogen-bond donors (Lipinski definition) is 1. The summed E-state index contributed by atoms with van der Waals surface area (Å²) in [5, 5.41) is 9.56. The number of ether oxygens (including phenoxy) is 2. The van der Waals surface area contributed by atoms with E-state index in [0.29, 0.717) is 5.57 Å². The fourth-order valence-electron chi connectivity index (χ4n) is 4.39. The van der Waals surface area contributed by atoms with Crippen molar-refractivity contribution in [2.45, 2.75) is 39.2 Å². The van der Waals surface area contributed by atoms with E-state index in [0.717, 1.165) is 12.1 Å². The molecule has 1 N–H and O–H groups in total. The Kier molecular flexibility index (Phi) is 8.16. The van der Waals surface area contributed by atoms with Gasteiger partial charge in [0.15, 0.2) is 34.8 Å². The molecule has 0 saturated carbocycles. The summed E-state index contributed by atoms with van der Waals surface area (Å²) in [7, 11) is 0. The second-order valence-corrected chi connectivity index (χ2v) is 8.95. The van der Waals surface area contributed by atoms with Crippen LogP contribution in [0.25, 0.3) is 16.7 Å². The van der Waals surface area contributed by atoms with Gasteiger partial charge in [0.25, 0.3) is 0 Å². The molecule has 0 saturated heterocycles. The Morgan fingerprint density at radius 1 is 0.947 bits per heavy atom. The molecule has 0 spiro atoms. The first-order valence-electron chi connectivity index (χ1n) is 12.1. The molecular weight excluding hydrogens is 507 g/mol. The van der Waals surface area contributed by atoms with Crippen molar-refractivity contribution in [3.05, 3.63) is 88.8 Å². The van der Waals surface area contributed by atoms with E-state index in [2.05, 4.69) is 0 Å². The van der Waals surface area contributed by atoms with E-state index in [9.17, 15) is 31.9 Å². The van der Waals surface area contributed by atoms with Crippen molar-refractivity contribution in [2.24, 2.45) is 5.92 Å². The summed E-state index contributed by atoms with van der Waals surface area (Å²) in [4.78, 5) is 12.7. The van der Waals surface area contributed by atoms with Gasteiger partial charge in [0.2, 0.25) is 5.82 Å². The fraction of sp³-hybridized carbons (Fsp3) is 0.276. The third kappa shape index (κ3) is 5.43. The Hall–Kier alpha value is -3.72. The number of aliphatic hydroxyl groups excluding tert-OH is 1. The lowest BCUT2D eigenvalue weighted by Crippen LogP contribution is -2.22. The second-order valence-electron chi connectivity index (χ2n) is 8.95. The van der Waals surface area contributed by atoms with Gasteiger partial charge in [-0.25, -0.2) is 17.6 Å². The summed E-state index contributed by atoms with van der Waals surface area (Å²) in [5.41, 5.74) is 0.286. The zero-order valence-corrected chi connectivity index (χ0v) is 20.7. The zero-order chi connectivity index (χ0) is 27.6. The molecule has 0 aromatic heterocycles. The van der Waals surface area contributed by atoms with Crippen LogP contribution < -0.4 is 9.47 Å². The van der Waals surface area contributed by atoms with Crippen LogP contribution in [-0.4, -0.2) is 17.7 Å². The van der Waals surface area contributed by atoms with E-state index in [1.807, 2.05) is 0 Å². The van der Waals surface area contributed by atoms with Gasteiger partial charge in [0.05, 0.1) is 18.6 Å². The fourth-order valence-corrected chi connectivity index (χ4v) is 4.39. The quantitative estimate of drug-likeness (QED) is 0.197. The van der Waals surface area contributed by atoms with Crippen molar-refractivity contribution < 1.29 is 41.3 Å². The summed E-state index contributed by atoms with van der Waals surface area (Å²) in [6.07, 6.45) is 1.14. The molecule has 3 aromatic rings. The maximum atomic E-state index is 14.7. The summed E-state index contributed by atoms with van der Waals surface area (Å²) >= 11 is 0. The number of allylic oxidation sites excluding steroid dienone is 2. The number of carbonyl (C=O) groups is 1. The number of esters is 1. The molecule has 200 valence electrons. The Morgan fingerprint density at radius 3 is 2.26 bits per heavy atom. The number of halogens is 5. The first-order valence-corrected chi connectivity index (χ1v) is 12.1. The molecule has 3 aromatic carbocycles. The average Bonchev–Trinajstić information content (AvgIpc) is 2.89. The van der Waals surface area contributed by atoms with Gasteiger partial charge in [-0.05, 0) is 68.5 Å². The predicted octanol–water partition coefficient (Wildman–Crippen LogP) is 7.29. The monoisotopic (exact) mass is 532 g/mol. The maximum absolute atomic E-state index is 14.7. The van der Waals surface area contributed by atoms with Gasteiger partial charge in [0.1, 0.15) is 0 Å². The van der Waals surface area contributed by atoms with Crippen LogP contribution in [0.3, 0.4) is 0 Å². The smallest absolute Gasteiger partial charge is 0.314 e. The van der Waals surface area contributed by atoms with E-state index in [4.69, 9.17) is 9.47 Å². The molecule has 2 atom stereocenters. The van der Waals surface area contributed by atoms with Crippen molar-refractivity contribution in [3.8, 4) is 22.6 Å². The molecule has 1 aliphatic carbocycles. The number of rotatable bonds is 7. The van der Waals surface area contributed by atoms with Crippen LogP contribution >= 0.6 is 0 Å². The maximum Gasteiger partial charge on any atom is 0.314 e. The lowest BCUT2D eigenvalue weighted by Gasteiger charge is -2.22. The molecule has 0 heterocycles. The lowest BCUT2D eigenvalue weighted by molar-refractivity contribution is -0.139. The van der Waals surface area contributed by atoms with E-state index in [-0.39, 0.29) is 59.6 Å². The summed E-state index contributed by atoms with van der Waals surface area (Å²) in [6.45, 7) is 3.11. The highest BCUT2D eigenvalue weighted by Gasteiger charge is 2.27. The molecule has 0 bridgehead atoms. The van der Waals surface area contributed by atoms with E-state index in [1.165, 1.54) is 37.3 Å². The largest absolute Gasteiger partial charge is 0.491 e. The Morgan fingerprint density at radius 2 is 1.63 bits per heavy atom. The molecule has 1 aliphatic rings. The van der Waals surface area contributed by atoms with Crippen LogP contribution in [0.5, 0.6) is 11.5 Å². The van der Waals surface area contributed by atoms with E-state index < -0.39 is 47.1 Å². The molecule has 0 radical (unpaired) electrons. The minimum atomic E-state index is -1.19. The van der Waals surface area contributed by atoms with Crippen LogP contribution in [0, 0.1) is 35.0 Å². The molecule has 0 aliphatic heterocycles. The van der Waals surface area contributed by atoms with Crippen molar-refractivity contribution in [1.82, 2.24) is 0 Å².